The van der Waals surface area contributed by atoms with Crippen molar-refractivity contribution in [2.75, 3.05) is 24.3 Å². The predicted molar refractivity (Wildman–Crippen MR) is 129 cm³/mol. The lowest BCUT2D eigenvalue weighted by molar-refractivity contribution is -0.118. The first-order valence-electron chi connectivity index (χ1n) is 11.1. The molecular formula is C27H30FN3O2. The van der Waals surface area contributed by atoms with Crippen LogP contribution in [-0.4, -0.2) is 25.8 Å². The summed E-state index contributed by atoms with van der Waals surface area (Å²) < 4.78 is 14.3. The van der Waals surface area contributed by atoms with Gasteiger partial charge in [0.15, 0.2) is 5.78 Å². The van der Waals surface area contributed by atoms with E-state index >= 15 is 0 Å². The van der Waals surface area contributed by atoms with Crippen molar-refractivity contribution >= 4 is 23.1 Å². The van der Waals surface area contributed by atoms with Gasteiger partial charge >= 0.3 is 0 Å². The molecule has 1 heterocycles. The fourth-order valence-corrected chi connectivity index (χ4v) is 4.79. The zero-order chi connectivity index (χ0) is 23.9. The van der Waals surface area contributed by atoms with Crippen molar-refractivity contribution in [3.8, 4) is 0 Å². The Kier molecular flexibility index (Phi) is 5.87. The molecule has 33 heavy (non-hydrogen) atoms. The Hall–Kier alpha value is -3.41. The van der Waals surface area contributed by atoms with E-state index in [4.69, 9.17) is 0 Å². The van der Waals surface area contributed by atoms with Crippen molar-refractivity contribution in [3.63, 3.8) is 0 Å². The van der Waals surface area contributed by atoms with E-state index in [1.165, 1.54) is 12.1 Å². The predicted octanol–water partition coefficient (Wildman–Crippen LogP) is 5.13. The number of hydrogen-bond donors (Lipinski definition) is 2. The maximum atomic E-state index is 14.3. The molecule has 0 saturated carbocycles. The minimum Gasteiger partial charge on any atom is -0.378 e. The van der Waals surface area contributed by atoms with Crippen molar-refractivity contribution in [1.82, 2.24) is 5.32 Å². The number of benzene rings is 2. The topological polar surface area (TPSA) is 61.4 Å². The van der Waals surface area contributed by atoms with E-state index in [1.807, 2.05) is 50.2 Å². The summed E-state index contributed by atoms with van der Waals surface area (Å²) in [6, 6.07) is 14.0. The number of para-hydroxylation sites is 1. The van der Waals surface area contributed by atoms with E-state index in [0.29, 0.717) is 23.3 Å². The minimum atomic E-state index is -0.521. The molecule has 0 spiro atoms. The Morgan fingerprint density at radius 1 is 1.09 bits per heavy atom. The smallest absolute Gasteiger partial charge is 0.254 e. The number of amides is 1. The average Bonchev–Trinajstić information content (AvgIpc) is 2.73. The highest BCUT2D eigenvalue weighted by atomic mass is 19.1. The molecule has 1 aliphatic carbocycles. The highest BCUT2D eigenvalue weighted by Crippen LogP contribution is 2.47. The van der Waals surface area contributed by atoms with Crippen LogP contribution in [0.15, 0.2) is 71.1 Å². The molecule has 1 aliphatic heterocycles. The summed E-state index contributed by atoms with van der Waals surface area (Å²) in [5.74, 6) is -1.40. The second-order valence-electron chi connectivity index (χ2n) is 9.85. The number of nitrogens with zero attached hydrogens (tertiary/aromatic N) is 1. The Morgan fingerprint density at radius 2 is 1.76 bits per heavy atom. The van der Waals surface area contributed by atoms with Crippen LogP contribution in [0, 0.1) is 11.2 Å². The standard InChI is InChI=1S/C27H30FN3O2/c1-16-23(26(33)30-20-9-7-6-8-19(20)28)24(17-10-12-18(13-11-17)31(4)5)25-21(29-16)14-27(2,3)15-22(25)32/h6-13,24,29H,14-15H2,1-5H3,(H,30,33)/t24-/m1/s1. The van der Waals surface area contributed by atoms with Gasteiger partial charge in [-0.05, 0) is 48.6 Å². The monoisotopic (exact) mass is 447 g/mol. The molecule has 0 aromatic heterocycles. The van der Waals surface area contributed by atoms with E-state index in [2.05, 4.69) is 24.5 Å². The third-order valence-electron chi connectivity index (χ3n) is 6.35. The second-order valence-corrected chi connectivity index (χ2v) is 9.85. The largest absolute Gasteiger partial charge is 0.378 e. The Bertz CT molecular complexity index is 1180. The van der Waals surface area contributed by atoms with Gasteiger partial charge in [-0.25, -0.2) is 4.39 Å². The molecule has 2 aromatic carbocycles. The summed E-state index contributed by atoms with van der Waals surface area (Å²) in [6.45, 7) is 6.00. The summed E-state index contributed by atoms with van der Waals surface area (Å²) in [5, 5.41) is 6.05. The molecule has 6 heteroatoms. The number of nitrogens with one attached hydrogen (secondary N) is 2. The number of hydrogen-bond acceptors (Lipinski definition) is 4. The number of halogens is 1. The van der Waals surface area contributed by atoms with Crippen LogP contribution in [0.3, 0.4) is 0 Å². The van der Waals surface area contributed by atoms with E-state index in [9.17, 15) is 14.0 Å². The fourth-order valence-electron chi connectivity index (χ4n) is 4.79. The first-order valence-corrected chi connectivity index (χ1v) is 11.1. The lowest BCUT2D eigenvalue weighted by atomic mass is 9.68. The lowest BCUT2D eigenvalue weighted by Crippen LogP contribution is -2.39. The zero-order valence-corrected chi connectivity index (χ0v) is 19.8. The molecule has 2 aromatic rings. The highest BCUT2D eigenvalue weighted by Gasteiger charge is 2.42. The van der Waals surface area contributed by atoms with E-state index in [1.54, 1.807) is 12.1 Å². The van der Waals surface area contributed by atoms with Crippen LogP contribution < -0.4 is 15.5 Å². The van der Waals surface area contributed by atoms with Gasteiger partial charge < -0.3 is 15.5 Å². The molecule has 5 nitrogen and oxygen atoms in total. The van der Waals surface area contributed by atoms with Crippen molar-refractivity contribution < 1.29 is 14.0 Å². The molecule has 2 aliphatic rings. The van der Waals surface area contributed by atoms with Crippen molar-refractivity contribution in [2.24, 2.45) is 5.41 Å². The molecule has 2 N–H and O–H groups in total. The summed E-state index contributed by atoms with van der Waals surface area (Å²) in [5.41, 5.74) is 4.46. The molecular weight excluding hydrogens is 417 g/mol. The maximum Gasteiger partial charge on any atom is 0.254 e. The lowest BCUT2D eigenvalue weighted by Gasteiger charge is -2.39. The van der Waals surface area contributed by atoms with Gasteiger partial charge in [0.2, 0.25) is 0 Å². The Balaban J connectivity index is 1.81. The molecule has 172 valence electrons. The van der Waals surface area contributed by atoms with E-state index < -0.39 is 17.6 Å². The zero-order valence-electron chi connectivity index (χ0n) is 19.8. The van der Waals surface area contributed by atoms with Crippen LogP contribution in [0.25, 0.3) is 0 Å². The number of rotatable bonds is 4. The highest BCUT2D eigenvalue weighted by molar-refractivity contribution is 6.10. The van der Waals surface area contributed by atoms with Gasteiger partial charge in [0.1, 0.15) is 5.82 Å². The summed E-state index contributed by atoms with van der Waals surface area (Å²) in [6.07, 6.45) is 1.14. The molecule has 0 bridgehead atoms. The Labute approximate surface area is 194 Å². The summed E-state index contributed by atoms with van der Waals surface area (Å²) >= 11 is 0. The van der Waals surface area contributed by atoms with Crippen LogP contribution >= 0.6 is 0 Å². The van der Waals surface area contributed by atoms with Crippen molar-refractivity contribution in [1.29, 1.82) is 0 Å². The number of carbonyl (C=O) groups excluding carboxylic acids is 2. The molecule has 1 amide bonds. The number of anilines is 2. The number of dihydropyridines is 1. The van der Waals surface area contributed by atoms with Crippen LogP contribution in [-0.2, 0) is 9.59 Å². The molecule has 0 saturated heterocycles. The third-order valence-corrected chi connectivity index (χ3v) is 6.35. The van der Waals surface area contributed by atoms with Gasteiger partial charge in [0.25, 0.3) is 5.91 Å². The number of allylic oxidation sites excluding steroid dienone is 3. The molecule has 0 fully saturated rings. The molecule has 0 unspecified atom stereocenters. The normalized spacial score (nSPS) is 19.7. The van der Waals surface area contributed by atoms with Gasteiger partial charge in [-0.1, -0.05) is 38.1 Å². The quantitative estimate of drug-likeness (QED) is 0.682. The average molecular weight is 448 g/mol. The van der Waals surface area contributed by atoms with Gasteiger partial charge in [-0.3, -0.25) is 9.59 Å². The first kappa shape index (κ1) is 22.8. The summed E-state index contributed by atoms with van der Waals surface area (Å²) in [7, 11) is 3.93. The maximum absolute atomic E-state index is 14.3. The van der Waals surface area contributed by atoms with Crippen molar-refractivity contribution in [2.45, 2.75) is 39.5 Å². The molecule has 1 atom stereocenters. The first-order chi connectivity index (χ1) is 15.6. The van der Waals surface area contributed by atoms with Gasteiger partial charge in [-0.15, -0.1) is 0 Å². The molecule has 4 rings (SSSR count). The summed E-state index contributed by atoms with van der Waals surface area (Å²) in [4.78, 5) is 28.8. The van der Waals surface area contributed by atoms with Crippen LogP contribution in [0.5, 0.6) is 0 Å². The van der Waals surface area contributed by atoms with E-state index in [-0.39, 0.29) is 16.9 Å². The minimum absolute atomic E-state index is 0.0409. The van der Waals surface area contributed by atoms with Crippen LogP contribution in [0.2, 0.25) is 0 Å². The third kappa shape index (κ3) is 4.42. The Morgan fingerprint density at radius 3 is 2.39 bits per heavy atom. The second kappa shape index (κ2) is 8.50. The molecule has 0 radical (unpaired) electrons. The van der Waals surface area contributed by atoms with Crippen LogP contribution in [0.1, 0.15) is 45.1 Å². The van der Waals surface area contributed by atoms with Gasteiger partial charge in [0, 0.05) is 54.7 Å². The number of carbonyl (C=O) groups is 2. The number of Topliss-reactive ketones (excluding diaryl/α,β-unsaturated/α-hetero) is 1. The number of ketones is 1. The van der Waals surface area contributed by atoms with Gasteiger partial charge in [-0.2, -0.15) is 0 Å². The van der Waals surface area contributed by atoms with Crippen LogP contribution in [0.4, 0.5) is 15.8 Å². The SMILES string of the molecule is CC1=C(C(=O)Nc2ccccc2F)[C@@H](c2ccc(N(C)C)cc2)C2=C(CC(C)(C)CC2=O)N1. The van der Waals surface area contributed by atoms with E-state index in [0.717, 1.165) is 23.4 Å². The van der Waals surface area contributed by atoms with Gasteiger partial charge in [0.05, 0.1) is 5.69 Å². The van der Waals surface area contributed by atoms with Crippen molar-refractivity contribution in [3.05, 3.63) is 82.5 Å². The fraction of sp³-hybridized carbons (Fsp3) is 0.333.